The van der Waals surface area contributed by atoms with E-state index in [4.69, 9.17) is 4.74 Å². The first-order valence-corrected chi connectivity index (χ1v) is 10.9. The molecule has 0 N–H and O–H groups in total. The van der Waals surface area contributed by atoms with Gasteiger partial charge in [-0.2, -0.15) is 0 Å². The minimum atomic E-state index is -0.844. The molecule has 3 nitrogen and oxygen atoms in total. The molecule has 0 saturated heterocycles. The Balaban J connectivity index is 1.35. The average Bonchev–Trinajstić information content (AvgIpc) is 2.85. The molecule has 4 aromatic rings. The standard InChI is InChI=1S/C28H24F2N2O/c1-33-16-2-3-23-18-31-27(32-19-23)15-11-21-6-4-20(5-7-21)8-9-22-10-13-25-24(17-22)12-14-26(29)28(25)30/h4-7,10,12-14,17-19H,2-3,11,15-16H2,1H3. The van der Waals surface area contributed by atoms with Gasteiger partial charge in [0.15, 0.2) is 11.6 Å². The van der Waals surface area contributed by atoms with Gasteiger partial charge in [0, 0.05) is 49.0 Å². The van der Waals surface area contributed by atoms with E-state index < -0.39 is 11.6 Å². The SMILES string of the molecule is COCCCc1cnc(CCc2ccc(C#Cc3ccc4c(F)c(F)ccc4c3)cc2)nc1. The van der Waals surface area contributed by atoms with Crippen molar-refractivity contribution >= 4 is 10.8 Å². The van der Waals surface area contributed by atoms with Gasteiger partial charge < -0.3 is 4.74 Å². The fraction of sp³-hybridized carbons (Fsp3) is 0.214. The maximum absolute atomic E-state index is 13.8. The van der Waals surface area contributed by atoms with Gasteiger partial charge in [-0.1, -0.05) is 36.1 Å². The molecule has 0 bridgehead atoms. The van der Waals surface area contributed by atoms with Crippen molar-refractivity contribution in [3.8, 4) is 11.8 Å². The summed E-state index contributed by atoms with van der Waals surface area (Å²) in [7, 11) is 1.71. The van der Waals surface area contributed by atoms with E-state index in [0.717, 1.165) is 60.9 Å². The lowest BCUT2D eigenvalue weighted by Crippen LogP contribution is -2.00. The monoisotopic (exact) mass is 442 g/mol. The highest BCUT2D eigenvalue weighted by molar-refractivity contribution is 5.84. The van der Waals surface area contributed by atoms with Crippen LogP contribution >= 0.6 is 0 Å². The molecule has 0 amide bonds. The Morgan fingerprint density at radius 3 is 2.27 bits per heavy atom. The fourth-order valence-corrected chi connectivity index (χ4v) is 3.56. The molecule has 3 aromatic carbocycles. The largest absolute Gasteiger partial charge is 0.385 e. The lowest BCUT2D eigenvalue weighted by Gasteiger charge is -2.04. The first kappa shape index (κ1) is 22.6. The van der Waals surface area contributed by atoms with Gasteiger partial charge in [0.05, 0.1) is 0 Å². The number of aryl methyl sites for hydroxylation is 3. The normalized spacial score (nSPS) is 10.8. The highest BCUT2D eigenvalue weighted by Gasteiger charge is 2.06. The number of hydrogen-bond acceptors (Lipinski definition) is 3. The number of ether oxygens (including phenoxy) is 1. The molecule has 4 rings (SSSR count). The Bertz CT molecular complexity index is 1290. The van der Waals surface area contributed by atoms with Crippen molar-refractivity contribution in [1.29, 1.82) is 0 Å². The van der Waals surface area contributed by atoms with E-state index in [-0.39, 0.29) is 5.39 Å². The number of rotatable bonds is 7. The predicted octanol–water partition coefficient (Wildman–Crippen LogP) is 5.67. The summed E-state index contributed by atoms with van der Waals surface area (Å²) in [4.78, 5) is 8.93. The summed E-state index contributed by atoms with van der Waals surface area (Å²) in [6, 6.07) is 15.8. The summed E-state index contributed by atoms with van der Waals surface area (Å²) >= 11 is 0. The third-order valence-corrected chi connectivity index (χ3v) is 5.42. The Labute approximate surface area is 192 Å². The second-order valence-electron chi connectivity index (χ2n) is 7.85. The van der Waals surface area contributed by atoms with Gasteiger partial charge in [0.1, 0.15) is 5.82 Å². The van der Waals surface area contributed by atoms with Crippen LogP contribution in [0.25, 0.3) is 10.8 Å². The summed E-state index contributed by atoms with van der Waals surface area (Å²) in [5.41, 5.74) is 3.96. The van der Waals surface area contributed by atoms with Gasteiger partial charge in [0.2, 0.25) is 0 Å². The molecule has 166 valence electrons. The van der Waals surface area contributed by atoms with E-state index in [1.54, 1.807) is 31.4 Å². The highest BCUT2D eigenvalue weighted by Crippen LogP contribution is 2.21. The number of benzene rings is 3. The van der Waals surface area contributed by atoms with Gasteiger partial charge in [-0.3, -0.25) is 0 Å². The lowest BCUT2D eigenvalue weighted by molar-refractivity contribution is 0.195. The highest BCUT2D eigenvalue weighted by atomic mass is 19.2. The van der Waals surface area contributed by atoms with Gasteiger partial charge in [-0.25, -0.2) is 18.7 Å². The van der Waals surface area contributed by atoms with Crippen LogP contribution in [0.1, 0.15) is 34.5 Å². The van der Waals surface area contributed by atoms with E-state index in [0.29, 0.717) is 5.39 Å². The zero-order valence-corrected chi connectivity index (χ0v) is 18.4. The maximum Gasteiger partial charge on any atom is 0.166 e. The molecular weight excluding hydrogens is 418 g/mol. The first-order valence-electron chi connectivity index (χ1n) is 10.9. The van der Waals surface area contributed by atoms with E-state index in [2.05, 4.69) is 33.9 Å². The van der Waals surface area contributed by atoms with Crippen LogP contribution in [-0.2, 0) is 24.0 Å². The van der Waals surface area contributed by atoms with Crippen molar-refractivity contribution < 1.29 is 13.5 Å². The third-order valence-electron chi connectivity index (χ3n) is 5.42. The molecule has 0 aliphatic heterocycles. The number of halogens is 2. The first-order chi connectivity index (χ1) is 16.1. The minimum Gasteiger partial charge on any atom is -0.385 e. The summed E-state index contributed by atoms with van der Waals surface area (Å²) in [5.74, 6) is 5.39. The lowest BCUT2D eigenvalue weighted by atomic mass is 10.1. The van der Waals surface area contributed by atoms with Crippen LogP contribution in [0.2, 0.25) is 0 Å². The van der Waals surface area contributed by atoms with Crippen LogP contribution < -0.4 is 0 Å². The number of aromatic nitrogens is 2. The quantitative estimate of drug-likeness (QED) is 0.273. The Morgan fingerprint density at radius 2 is 1.52 bits per heavy atom. The Kier molecular flexibility index (Phi) is 7.39. The minimum absolute atomic E-state index is 0.259. The second-order valence-corrected chi connectivity index (χ2v) is 7.85. The van der Waals surface area contributed by atoms with Crippen molar-refractivity contribution in [2.75, 3.05) is 13.7 Å². The summed E-state index contributed by atoms with van der Waals surface area (Å²) < 4.78 is 32.3. The molecular formula is C28H24F2N2O. The zero-order chi connectivity index (χ0) is 23.0. The Morgan fingerprint density at radius 1 is 0.788 bits per heavy atom. The van der Waals surface area contributed by atoms with Crippen LogP contribution in [0.5, 0.6) is 0 Å². The van der Waals surface area contributed by atoms with Crippen molar-refractivity contribution in [1.82, 2.24) is 9.97 Å². The van der Waals surface area contributed by atoms with Gasteiger partial charge in [-0.15, -0.1) is 0 Å². The van der Waals surface area contributed by atoms with Gasteiger partial charge in [-0.05, 0) is 66.1 Å². The van der Waals surface area contributed by atoms with Gasteiger partial charge in [0.25, 0.3) is 0 Å². The molecule has 0 atom stereocenters. The number of nitrogens with zero attached hydrogens (tertiary/aromatic N) is 2. The van der Waals surface area contributed by atoms with Crippen LogP contribution in [-0.4, -0.2) is 23.7 Å². The van der Waals surface area contributed by atoms with E-state index >= 15 is 0 Å². The summed E-state index contributed by atoms with van der Waals surface area (Å²) in [5, 5.41) is 0.885. The molecule has 0 fully saturated rings. The van der Waals surface area contributed by atoms with Crippen LogP contribution in [0.4, 0.5) is 8.78 Å². The molecule has 0 spiro atoms. The molecule has 0 aliphatic carbocycles. The topological polar surface area (TPSA) is 35.0 Å². The van der Waals surface area contributed by atoms with Crippen molar-refractivity contribution in [3.05, 3.63) is 107 Å². The molecule has 0 radical (unpaired) electrons. The smallest absolute Gasteiger partial charge is 0.166 e. The predicted molar refractivity (Wildman–Crippen MR) is 126 cm³/mol. The second kappa shape index (κ2) is 10.8. The fourth-order valence-electron chi connectivity index (χ4n) is 3.56. The number of hydrogen-bond donors (Lipinski definition) is 0. The van der Waals surface area contributed by atoms with Gasteiger partial charge >= 0.3 is 0 Å². The molecule has 5 heteroatoms. The van der Waals surface area contributed by atoms with Crippen LogP contribution in [0.15, 0.2) is 67.0 Å². The summed E-state index contributed by atoms with van der Waals surface area (Å²) in [6.07, 6.45) is 7.31. The molecule has 1 aromatic heterocycles. The van der Waals surface area contributed by atoms with Crippen molar-refractivity contribution in [2.24, 2.45) is 0 Å². The maximum atomic E-state index is 13.8. The zero-order valence-electron chi connectivity index (χ0n) is 18.4. The van der Waals surface area contributed by atoms with Crippen molar-refractivity contribution in [2.45, 2.75) is 25.7 Å². The number of methoxy groups -OCH3 is 1. The Hall–Kier alpha value is -3.62. The molecule has 0 aliphatic rings. The van der Waals surface area contributed by atoms with E-state index in [9.17, 15) is 8.78 Å². The van der Waals surface area contributed by atoms with Crippen LogP contribution in [0, 0.1) is 23.5 Å². The third kappa shape index (κ3) is 6.00. The molecule has 0 unspecified atom stereocenters. The molecule has 33 heavy (non-hydrogen) atoms. The van der Waals surface area contributed by atoms with E-state index in [1.165, 1.54) is 5.56 Å². The molecule has 1 heterocycles. The molecule has 0 saturated carbocycles. The van der Waals surface area contributed by atoms with Crippen LogP contribution in [0.3, 0.4) is 0 Å². The number of fused-ring (bicyclic) bond motifs is 1. The average molecular weight is 443 g/mol. The van der Waals surface area contributed by atoms with Crippen molar-refractivity contribution in [3.63, 3.8) is 0 Å². The van der Waals surface area contributed by atoms with E-state index in [1.807, 2.05) is 24.5 Å². The summed E-state index contributed by atoms with van der Waals surface area (Å²) in [6.45, 7) is 0.742.